The van der Waals surface area contributed by atoms with Gasteiger partial charge < -0.3 is 20.4 Å². The number of benzene rings is 1. The third-order valence-corrected chi connectivity index (χ3v) is 7.40. The molecule has 1 aromatic carbocycles. The number of nitrogens with one attached hydrogen (secondary N) is 3. The van der Waals surface area contributed by atoms with E-state index in [0.29, 0.717) is 28.8 Å². The Kier molecular flexibility index (Phi) is 6.03. The third kappa shape index (κ3) is 5.57. The second-order valence-corrected chi connectivity index (χ2v) is 10.6. The second-order valence-electron chi connectivity index (χ2n) is 9.53. The number of nitrogens with zero attached hydrogens (tertiary/aromatic N) is 6. The Morgan fingerprint density at radius 2 is 1.80 bits per heavy atom. The summed E-state index contributed by atoms with van der Waals surface area (Å²) in [4.78, 5) is 31.7. The number of H-pyrrole nitrogens is 1. The molecular weight excluding hydrogens is 462 g/mol. The fourth-order valence-corrected chi connectivity index (χ4v) is 4.76. The zero-order valence-electron chi connectivity index (χ0n) is 19.7. The predicted octanol–water partition coefficient (Wildman–Crippen LogP) is 3.47. The molecule has 0 atom stereocenters. The third-order valence-electron chi connectivity index (χ3n) is 6.52. The minimum absolute atomic E-state index is 0.110. The first kappa shape index (κ1) is 22.3. The molecule has 1 aliphatic heterocycles. The second kappa shape index (κ2) is 9.46. The van der Waals surface area contributed by atoms with Crippen LogP contribution in [0, 0.1) is 5.92 Å². The Morgan fingerprint density at radius 1 is 1.03 bits per heavy atom. The summed E-state index contributed by atoms with van der Waals surface area (Å²) in [6.07, 6.45) is 4.41. The average Bonchev–Trinajstić information content (AvgIpc) is 3.79. The van der Waals surface area contributed by atoms with Crippen LogP contribution >= 0.6 is 11.8 Å². The topological polar surface area (TPSA) is 115 Å². The fourth-order valence-electron chi connectivity index (χ4n) is 4.02. The first-order valence-corrected chi connectivity index (χ1v) is 13.0. The standard InChI is InChI=1S/C24H29N9OS/c1-32-10-12-33(13-11-32)23-27-22(26-20-14-19(30-31-20)15-2-3-15)28-24(29-23)35-18-8-6-17(7-9-18)25-21(34)16-4-5-16/h6-9,14-16H,2-5,10-13H2,1H3,(H,25,34)(H2,26,27,28,29,30,31). The number of amides is 1. The van der Waals surface area contributed by atoms with Crippen molar-refractivity contribution in [2.45, 2.75) is 41.7 Å². The lowest BCUT2D eigenvalue weighted by molar-refractivity contribution is -0.117. The Labute approximate surface area is 208 Å². The lowest BCUT2D eigenvalue weighted by Gasteiger charge is -2.32. The van der Waals surface area contributed by atoms with Gasteiger partial charge in [0, 0.05) is 60.4 Å². The molecule has 182 valence electrons. The van der Waals surface area contributed by atoms with Gasteiger partial charge in [0.1, 0.15) is 0 Å². The monoisotopic (exact) mass is 491 g/mol. The van der Waals surface area contributed by atoms with Crippen LogP contribution in [-0.2, 0) is 4.79 Å². The largest absolute Gasteiger partial charge is 0.338 e. The molecule has 35 heavy (non-hydrogen) atoms. The van der Waals surface area contributed by atoms with Gasteiger partial charge in [0.05, 0.1) is 0 Å². The number of anilines is 4. The van der Waals surface area contributed by atoms with Gasteiger partial charge in [-0.1, -0.05) is 0 Å². The Morgan fingerprint density at radius 3 is 2.51 bits per heavy atom. The van der Waals surface area contributed by atoms with Gasteiger partial charge in [0.2, 0.25) is 17.8 Å². The predicted molar refractivity (Wildman–Crippen MR) is 135 cm³/mol. The number of likely N-dealkylation sites (N-methyl/N-ethyl adjacent to an activating group) is 1. The lowest BCUT2D eigenvalue weighted by Crippen LogP contribution is -2.45. The molecule has 0 spiro atoms. The van der Waals surface area contributed by atoms with E-state index in [9.17, 15) is 4.79 Å². The van der Waals surface area contributed by atoms with Crippen molar-refractivity contribution in [2.24, 2.45) is 5.92 Å². The van der Waals surface area contributed by atoms with Crippen LogP contribution in [0.4, 0.5) is 23.4 Å². The lowest BCUT2D eigenvalue weighted by atomic mass is 10.3. The van der Waals surface area contributed by atoms with Crippen molar-refractivity contribution in [3.63, 3.8) is 0 Å². The molecule has 3 aliphatic rings. The van der Waals surface area contributed by atoms with Crippen molar-refractivity contribution in [3.05, 3.63) is 36.0 Å². The van der Waals surface area contributed by atoms with Crippen molar-refractivity contribution >= 4 is 41.1 Å². The zero-order chi connectivity index (χ0) is 23.8. The minimum Gasteiger partial charge on any atom is -0.338 e. The maximum atomic E-state index is 12.0. The molecule has 11 heteroatoms. The van der Waals surface area contributed by atoms with E-state index >= 15 is 0 Å². The number of aromatic amines is 1. The van der Waals surface area contributed by atoms with Crippen LogP contribution in [0.1, 0.15) is 37.3 Å². The molecule has 1 saturated heterocycles. The van der Waals surface area contributed by atoms with Crippen molar-refractivity contribution in [1.82, 2.24) is 30.0 Å². The summed E-state index contributed by atoms with van der Waals surface area (Å²) in [7, 11) is 2.13. The van der Waals surface area contributed by atoms with Crippen LogP contribution < -0.4 is 15.5 Å². The molecule has 6 rings (SSSR count). The fraction of sp³-hybridized carbons (Fsp3) is 0.458. The van der Waals surface area contributed by atoms with Gasteiger partial charge in [-0.05, 0) is 68.8 Å². The Hall–Kier alpha value is -3.18. The molecule has 2 saturated carbocycles. The van der Waals surface area contributed by atoms with E-state index in [1.54, 1.807) is 0 Å². The highest BCUT2D eigenvalue weighted by atomic mass is 32.2. The molecule has 2 aliphatic carbocycles. The minimum atomic E-state index is 0.110. The van der Waals surface area contributed by atoms with Crippen molar-refractivity contribution in [3.8, 4) is 0 Å². The normalized spacial score (nSPS) is 18.5. The highest BCUT2D eigenvalue weighted by Gasteiger charge is 2.29. The van der Waals surface area contributed by atoms with Gasteiger partial charge in [-0.3, -0.25) is 9.89 Å². The maximum Gasteiger partial charge on any atom is 0.234 e. The van der Waals surface area contributed by atoms with Gasteiger partial charge in [0.25, 0.3) is 0 Å². The maximum absolute atomic E-state index is 12.0. The highest BCUT2D eigenvalue weighted by Crippen LogP contribution is 2.39. The molecule has 3 heterocycles. The van der Waals surface area contributed by atoms with E-state index in [2.05, 4.69) is 42.7 Å². The molecule has 0 unspecified atom stereocenters. The molecule has 1 amide bonds. The van der Waals surface area contributed by atoms with Crippen LogP contribution in [0.2, 0.25) is 0 Å². The number of piperazine rings is 1. The Bertz CT molecular complexity index is 1200. The first-order valence-electron chi connectivity index (χ1n) is 12.2. The van der Waals surface area contributed by atoms with Crippen molar-refractivity contribution < 1.29 is 4.79 Å². The average molecular weight is 492 g/mol. The van der Waals surface area contributed by atoms with Crippen LogP contribution in [0.15, 0.2) is 40.4 Å². The quantitative estimate of drug-likeness (QED) is 0.436. The van der Waals surface area contributed by atoms with Crippen LogP contribution in [0.5, 0.6) is 0 Å². The van der Waals surface area contributed by atoms with Crippen molar-refractivity contribution in [1.29, 1.82) is 0 Å². The summed E-state index contributed by atoms with van der Waals surface area (Å²) in [6, 6.07) is 9.85. The zero-order valence-corrected chi connectivity index (χ0v) is 20.5. The van der Waals surface area contributed by atoms with E-state index in [0.717, 1.165) is 55.3 Å². The molecule has 2 aromatic heterocycles. The summed E-state index contributed by atoms with van der Waals surface area (Å²) in [6.45, 7) is 3.67. The molecular formula is C24H29N9OS. The van der Waals surface area contributed by atoms with E-state index in [1.165, 1.54) is 24.6 Å². The van der Waals surface area contributed by atoms with Gasteiger partial charge in [-0.15, -0.1) is 0 Å². The van der Waals surface area contributed by atoms with E-state index in [1.807, 2.05) is 30.3 Å². The van der Waals surface area contributed by atoms with E-state index < -0.39 is 0 Å². The summed E-state index contributed by atoms with van der Waals surface area (Å²) in [5.74, 6) is 2.76. The molecule has 0 radical (unpaired) electrons. The number of rotatable bonds is 8. The van der Waals surface area contributed by atoms with Crippen LogP contribution in [-0.4, -0.2) is 69.2 Å². The van der Waals surface area contributed by atoms with Gasteiger partial charge in [-0.25, -0.2) is 0 Å². The first-order chi connectivity index (χ1) is 17.1. The van der Waals surface area contributed by atoms with Crippen LogP contribution in [0.25, 0.3) is 0 Å². The van der Waals surface area contributed by atoms with Crippen molar-refractivity contribution in [2.75, 3.05) is 48.8 Å². The molecule has 3 aromatic rings. The van der Waals surface area contributed by atoms with E-state index in [-0.39, 0.29) is 11.8 Å². The van der Waals surface area contributed by atoms with Gasteiger partial charge >= 0.3 is 0 Å². The highest BCUT2D eigenvalue weighted by molar-refractivity contribution is 7.99. The number of hydrogen-bond donors (Lipinski definition) is 3. The smallest absolute Gasteiger partial charge is 0.234 e. The number of carbonyl (C=O) groups is 1. The molecule has 3 fully saturated rings. The van der Waals surface area contributed by atoms with Crippen LogP contribution in [0.3, 0.4) is 0 Å². The van der Waals surface area contributed by atoms with Gasteiger partial charge in [-0.2, -0.15) is 20.1 Å². The number of carbonyl (C=O) groups excluding carboxylic acids is 1. The number of hydrogen-bond acceptors (Lipinski definition) is 9. The van der Waals surface area contributed by atoms with Gasteiger partial charge in [0.15, 0.2) is 11.0 Å². The molecule has 3 N–H and O–H groups in total. The Balaban J connectivity index is 1.21. The molecule has 10 nitrogen and oxygen atoms in total. The SMILES string of the molecule is CN1CCN(c2nc(Nc3cc(C4CC4)[nH]n3)nc(Sc3ccc(NC(=O)C4CC4)cc3)n2)CC1. The van der Waals surface area contributed by atoms with E-state index in [4.69, 9.17) is 9.97 Å². The molecule has 0 bridgehead atoms. The summed E-state index contributed by atoms with van der Waals surface area (Å²) in [5.41, 5.74) is 1.97. The summed E-state index contributed by atoms with van der Waals surface area (Å²) in [5, 5.41) is 14.4. The summed E-state index contributed by atoms with van der Waals surface area (Å²) >= 11 is 1.48. The summed E-state index contributed by atoms with van der Waals surface area (Å²) < 4.78 is 0. The number of aromatic nitrogens is 5.